The minimum absolute atomic E-state index is 0.305. The first-order chi connectivity index (χ1) is 17.5. The highest BCUT2D eigenvalue weighted by Gasteiger charge is 2.17. The third-order valence-corrected chi connectivity index (χ3v) is 5.63. The summed E-state index contributed by atoms with van der Waals surface area (Å²) in [5, 5.41) is 9.77. The fourth-order valence-electron chi connectivity index (χ4n) is 3.98. The fraction of sp³-hybridized carbons (Fsp3) is 0.103. The molecule has 0 fully saturated rings. The van der Waals surface area contributed by atoms with E-state index in [1.54, 1.807) is 13.8 Å². The van der Waals surface area contributed by atoms with Gasteiger partial charge in [0.05, 0.1) is 17.1 Å². The van der Waals surface area contributed by atoms with E-state index in [0.29, 0.717) is 17.9 Å². The Balaban J connectivity index is 1.85. The molecule has 0 atom stereocenters. The van der Waals surface area contributed by atoms with Gasteiger partial charge in [-0.2, -0.15) is 0 Å². The SMILES string of the molecule is CC(=O)O/N=C(/C)c1ccc(N(c2ccccc2)c2ccc(/C(C)=N/OC=O)c3ccccc23)cc1. The molecular weight excluding hydrogens is 454 g/mol. The van der Waals surface area contributed by atoms with Crippen molar-refractivity contribution < 1.29 is 19.3 Å². The lowest BCUT2D eigenvalue weighted by Crippen LogP contribution is -2.11. The summed E-state index contributed by atoms with van der Waals surface area (Å²) in [6, 6.07) is 30.0. The number of hydrogen-bond acceptors (Lipinski definition) is 7. The third-order valence-electron chi connectivity index (χ3n) is 5.63. The number of nitrogens with zero attached hydrogens (tertiary/aromatic N) is 3. The van der Waals surface area contributed by atoms with Crippen molar-refractivity contribution in [2.24, 2.45) is 10.3 Å². The average Bonchev–Trinajstić information content (AvgIpc) is 2.91. The third kappa shape index (κ3) is 5.31. The zero-order valence-corrected chi connectivity index (χ0v) is 20.2. The van der Waals surface area contributed by atoms with Gasteiger partial charge in [-0.25, -0.2) is 4.79 Å². The van der Waals surface area contributed by atoms with Crippen LogP contribution in [0.1, 0.15) is 31.9 Å². The molecule has 0 N–H and O–H groups in total. The van der Waals surface area contributed by atoms with Crippen LogP contribution in [0.2, 0.25) is 0 Å². The van der Waals surface area contributed by atoms with Gasteiger partial charge in [0.2, 0.25) is 0 Å². The number of oxime groups is 2. The normalized spacial score (nSPS) is 11.8. The van der Waals surface area contributed by atoms with Gasteiger partial charge in [-0.15, -0.1) is 0 Å². The summed E-state index contributed by atoms with van der Waals surface area (Å²) < 4.78 is 0. The number of para-hydroxylation sites is 1. The van der Waals surface area contributed by atoms with Crippen molar-refractivity contribution in [1.82, 2.24) is 0 Å². The molecule has 0 amide bonds. The zero-order valence-electron chi connectivity index (χ0n) is 20.2. The largest absolute Gasteiger partial charge is 0.331 e. The van der Waals surface area contributed by atoms with E-state index in [1.807, 2.05) is 72.8 Å². The highest BCUT2D eigenvalue weighted by molar-refractivity contribution is 6.13. The Morgan fingerprint density at radius 2 is 1.36 bits per heavy atom. The smallest absolute Gasteiger partial charge is 0.321 e. The first-order valence-corrected chi connectivity index (χ1v) is 11.3. The molecule has 0 saturated heterocycles. The molecule has 7 heteroatoms. The highest BCUT2D eigenvalue weighted by atomic mass is 16.7. The molecular formula is C29H25N3O4. The van der Waals surface area contributed by atoms with E-state index >= 15 is 0 Å². The minimum atomic E-state index is -0.463. The van der Waals surface area contributed by atoms with E-state index in [1.165, 1.54) is 6.92 Å². The number of fused-ring (bicyclic) bond motifs is 1. The highest BCUT2D eigenvalue weighted by Crippen LogP contribution is 2.39. The number of carbonyl (C=O) groups is 2. The van der Waals surface area contributed by atoms with E-state index in [2.05, 4.69) is 38.2 Å². The second-order valence-electron chi connectivity index (χ2n) is 8.03. The summed E-state index contributed by atoms with van der Waals surface area (Å²) >= 11 is 0. The number of hydrogen-bond donors (Lipinski definition) is 0. The molecule has 7 nitrogen and oxygen atoms in total. The number of rotatable bonds is 8. The fourth-order valence-corrected chi connectivity index (χ4v) is 3.98. The van der Waals surface area contributed by atoms with Crippen molar-refractivity contribution in [1.29, 1.82) is 0 Å². The van der Waals surface area contributed by atoms with Crippen LogP contribution in [-0.4, -0.2) is 23.9 Å². The molecule has 4 aromatic rings. The summed E-state index contributed by atoms with van der Waals surface area (Å²) in [7, 11) is 0. The Bertz CT molecular complexity index is 1440. The maximum atomic E-state index is 11.1. The molecule has 0 aromatic heterocycles. The minimum Gasteiger partial charge on any atom is -0.321 e. The number of carbonyl (C=O) groups excluding carboxylic acids is 2. The molecule has 0 aliphatic carbocycles. The Hall–Kier alpha value is -4.78. The van der Waals surface area contributed by atoms with Gasteiger partial charge in [-0.3, -0.25) is 4.79 Å². The van der Waals surface area contributed by atoms with Crippen LogP contribution in [0.3, 0.4) is 0 Å². The first-order valence-electron chi connectivity index (χ1n) is 11.3. The van der Waals surface area contributed by atoms with Gasteiger partial charge in [0.1, 0.15) is 0 Å². The Morgan fingerprint density at radius 3 is 2.03 bits per heavy atom. The van der Waals surface area contributed by atoms with Gasteiger partial charge < -0.3 is 14.6 Å². The van der Waals surface area contributed by atoms with E-state index in [-0.39, 0.29) is 0 Å². The van der Waals surface area contributed by atoms with E-state index < -0.39 is 5.97 Å². The molecule has 180 valence electrons. The van der Waals surface area contributed by atoms with Crippen molar-refractivity contribution in [3.8, 4) is 0 Å². The lowest BCUT2D eigenvalue weighted by atomic mass is 9.98. The van der Waals surface area contributed by atoms with E-state index in [0.717, 1.165) is 39.0 Å². The van der Waals surface area contributed by atoms with Crippen molar-refractivity contribution in [3.05, 3.63) is 102 Å². The van der Waals surface area contributed by atoms with Crippen LogP contribution < -0.4 is 4.90 Å². The van der Waals surface area contributed by atoms with E-state index in [4.69, 9.17) is 4.84 Å². The van der Waals surface area contributed by atoms with Gasteiger partial charge in [0.25, 0.3) is 0 Å². The van der Waals surface area contributed by atoms with Crippen molar-refractivity contribution in [3.63, 3.8) is 0 Å². The summed E-state index contributed by atoms with van der Waals surface area (Å²) in [6.45, 7) is 5.21. The second-order valence-corrected chi connectivity index (χ2v) is 8.03. The van der Waals surface area contributed by atoms with Crippen LogP contribution in [0.15, 0.2) is 101 Å². The molecule has 0 radical (unpaired) electrons. The molecule has 4 rings (SSSR count). The van der Waals surface area contributed by atoms with Crippen molar-refractivity contribution >= 4 is 51.7 Å². The molecule has 0 heterocycles. The second kappa shape index (κ2) is 11.1. The molecule has 4 aromatic carbocycles. The van der Waals surface area contributed by atoms with Crippen LogP contribution in [0.25, 0.3) is 10.8 Å². The molecule has 36 heavy (non-hydrogen) atoms. The van der Waals surface area contributed by atoms with Crippen LogP contribution in [0.5, 0.6) is 0 Å². The summed E-state index contributed by atoms with van der Waals surface area (Å²) in [5.74, 6) is -0.463. The van der Waals surface area contributed by atoms with E-state index in [9.17, 15) is 9.59 Å². The molecule has 0 aliphatic heterocycles. The topological polar surface area (TPSA) is 80.6 Å². The van der Waals surface area contributed by atoms with Crippen LogP contribution in [-0.2, 0) is 19.3 Å². The quantitative estimate of drug-likeness (QED) is 0.125. The first kappa shape index (κ1) is 24.3. The zero-order chi connectivity index (χ0) is 25.5. The Kier molecular flexibility index (Phi) is 7.51. The summed E-state index contributed by atoms with van der Waals surface area (Å²) in [4.78, 5) is 33.3. The maximum absolute atomic E-state index is 11.1. The average molecular weight is 480 g/mol. The monoisotopic (exact) mass is 479 g/mol. The Morgan fingerprint density at radius 1 is 0.722 bits per heavy atom. The van der Waals surface area contributed by atoms with Crippen molar-refractivity contribution in [2.75, 3.05) is 4.90 Å². The van der Waals surface area contributed by atoms with Gasteiger partial charge in [0, 0.05) is 29.2 Å². The van der Waals surface area contributed by atoms with Crippen molar-refractivity contribution in [2.45, 2.75) is 20.8 Å². The van der Waals surface area contributed by atoms with Gasteiger partial charge in [-0.05, 0) is 55.1 Å². The van der Waals surface area contributed by atoms with Crippen LogP contribution >= 0.6 is 0 Å². The standard InChI is InChI=1S/C29H25N3O4/c1-20(31-36-22(3)34)23-13-15-25(16-14-23)32(24-9-5-4-6-10-24)29-18-17-26(21(2)30-35-19-33)27-11-7-8-12-28(27)29/h4-19H,1-3H3/b30-21+,31-20-. The molecule has 0 spiro atoms. The summed E-state index contributed by atoms with van der Waals surface area (Å²) in [5.41, 5.74) is 5.82. The molecule has 0 bridgehead atoms. The van der Waals surface area contributed by atoms with Gasteiger partial charge >= 0.3 is 12.4 Å². The number of benzene rings is 4. The predicted octanol–water partition coefficient (Wildman–Crippen LogP) is 6.49. The van der Waals surface area contributed by atoms with Gasteiger partial charge in [0.15, 0.2) is 0 Å². The number of anilines is 3. The lowest BCUT2D eigenvalue weighted by molar-refractivity contribution is -0.141. The molecule has 0 unspecified atom stereocenters. The lowest BCUT2D eigenvalue weighted by Gasteiger charge is -2.27. The molecule has 0 saturated carbocycles. The summed E-state index contributed by atoms with van der Waals surface area (Å²) in [6.07, 6.45) is 0. The maximum Gasteiger partial charge on any atom is 0.331 e. The van der Waals surface area contributed by atoms with Gasteiger partial charge in [-0.1, -0.05) is 71.0 Å². The molecule has 0 aliphatic rings. The van der Waals surface area contributed by atoms with Crippen LogP contribution in [0, 0.1) is 0 Å². The predicted molar refractivity (Wildman–Crippen MR) is 142 cm³/mol. The van der Waals surface area contributed by atoms with Crippen LogP contribution in [0.4, 0.5) is 17.1 Å². The Labute approximate surface area is 209 Å².